The second-order valence-electron chi connectivity index (χ2n) is 5.90. The lowest BCUT2D eigenvalue weighted by Crippen LogP contribution is -2.36. The lowest BCUT2D eigenvalue weighted by Gasteiger charge is -2.25. The van der Waals surface area contributed by atoms with E-state index >= 15 is 0 Å². The van der Waals surface area contributed by atoms with E-state index in [-0.39, 0.29) is 12.0 Å². The Kier molecular flexibility index (Phi) is 6.75. The van der Waals surface area contributed by atoms with Crippen molar-refractivity contribution in [3.05, 3.63) is 52.7 Å². The lowest BCUT2D eigenvalue weighted by atomic mass is 10.2. The first-order chi connectivity index (χ1) is 11.8. The summed E-state index contributed by atoms with van der Waals surface area (Å²) in [6.45, 7) is 2.24. The molecule has 1 fully saturated rings. The number of nitrogens with zero attached hydrogens (tertiary/aromatic N) is 1. The van der Waals surface area contributed by atoms with Gasteiger partial charge in [-0.15, -0.1) is 23.1 Å². The zero-order chi connectivity index (χ0) is 16.6. The third-order valence-electron chi connectivity index (χ3n) is 4.06. The lowest BCUT2D eigenvalue weighted by molar-refractivity contribution is -0.132. The molecule has 0 saturated carbocycles. The molecule has 1 aliphatic rings. The minimum absolute atomic E-state index is 0.204. The second-order valence-corrected chi connectivity index (χ2v) is 8.10. The van der Waals surface area contributed by atoms with Crippen LogP contribution in [0, 0.1) is 0 Å². The van der Waals surface area contributed by atoms with Crippen molar-refractivity contribution in [3.63, 3.8) is 0 Å². The van der Waals surface area contributed by atoms with Gasteiger partial charge in [0.1, 0.15) is 0 Å². The van der Waals surface area contributed by atoms with Crippen molar-refractivity contribution in [3.8, 4) is 0 Å². The number of amides is 1. The van der Waals surface area contributed by atoms with Gasteiger partial charge in [-0.2, -0.15) is 0 Å². The van der Waals surface area contributed by atoms with E-state index in [4.69, 9.17) is 4.74 Å². The van der Waals surface area contributed by atoms with Crippen LogP contribution in [0.4, 0.5) is 0 Å². The Morgan fingerprint density at radius 2 is 2.12 bits per heavy atom. The molecule has 1 aliphatic heterocycles. The highest BCUT2D eigenvalue weighted by molar-refractivity contribution is 7.99. The molecule has 1 amide bonds. The smallest absolute Gasteiger partial charge is 0.223 e. The summed E-state index contributed by atoms with van der Waals surface area (Å²) in [5.41, 5.74) is 0. The Labute approximate surface area is 152 Å². The topological polar surface area (TPSA) is 29.5 Å². The molecular weight excluding hydrogens is 338 g/mol. The van der Waals surface area contributed by atoms with Gasteiger partial charge in [0.15, 0.2) is 0 Å². The minimum Gasteiger partial charge on any atom is -0.376 e. The fourth-order valence-corrected chi connectivity index (χ4v) is 4.39. The summed E-state index contributed by atoms with van der Waals surface area (Å²) in [6, 6.07) is 14.4. The van der Waals surface area contributed by atoms with Crippen LogP contribution in [-0.2, 0) is 16.1 Å². The largest absolute Gasteiger partial charge is 0.376 e. The first-order valence-electron chi connectivity index (χ1n) is 8.41. The van der Waals surface area contributed by atoms with E-state index in [9.17, 15) is 4.79 Å². The Morgan fingerprint density at radius 3 is 2.83 bits per heavy atom. The van der Waals surface area contributed by atoms with Crippen LogP contribution in [0.5, 0.6) is 0 Å². The van der Waals surface area contributed by atoms with Crippen molar-refractivity contribution in [2.75, 3.05) is 18.9 Å². The Morgan fingerprint density at radius 1 is 1.25 bits per heavy atom. The van der Waals surface area contributed by atoms with Crippen molar-refractivity contribution < 1.29 is 9.53 Å². The quantitative estimate of drug-likeness (QED) is 0.651. The highest BCUT2D eigenvalue weighted by Crippen LogP contribution is 2.21. The minimum atomic E-state index is 0.204. The predicted octanol–water partition coefficient (Wildman–Crippen LogP) is 4.44. The molecule has 2 aromatic rings. The summed E-state index contributed by atoms with van der Waals surface area (Å²) < 4.78 is 5.73. The first kappa shape index (κ1) is 17.5. The molecule has 1 aromatic carbocycles. The van der Waals surface area contributed by atoms with Crippen molar-refractivity contribution in [2.45, 2.75) is 36.8 Å². The van der Waals surface area contributed by atoms with Crippen LogP contribution in [-0.4, -0.2) is 35.8 Å². The van der Waals surface area contributed by atoms with E-state index in [2.05, 4.69) is 23.6 Å². The summed E-state index contributed by atoms with van der Waals surface area (Å²) in [7, 11) is 0. The third-order valence-corrected chi connectivity index (χ3v) is 5.93. The number of hydrogen-bond acceptors (Lipinski definition) is 4. The van der Waals surface area contributed by atoms with Gasteiger partial charge in [-0.25, -0.2) is 0 Å². The van der Waals surface area contributed by atoms with Gasteiger partial charge in [0.05, 0.1) is 12.6 Å². The third kappa shape index (κ3) is 5.36. The summed E-state index contributed by atoms with van der Waals surface area (Å²) in [6.07, 6.45) is 2.94. The number of hydrogen-bond donors (Lipinski definition) is 0. The van der Waals surface area contributed by atoms with Gasteiger partial charge in [0, 0.05) is 35.1 Å². The van der Waals surface area contributed by atoms with Crippen LogP contribution in [0.25, 0.3) is 0 Å². The number of carbonyl (C=O) groups is 1. The summed E-state index contributed by atoms with van der Waals surface area (Å²) in [4.78, 5) is 17.1. The number of benzene rings is 1. The molecule has 0 aliphatic carbocycles. The Balaban J connectivity index is 1.53. The van der Waals surface area contributed by atoms with Crippen LogP contribution >= 0.6 is 23.1 Å². The average Bonchev–Trinajstić information content (AvgIpc) is 3.29. The molecule has 5 heteroatoms. The van der Waals surface area contributed by atoms with E-state index in [0.29, 0.717) is 19.5 Å². The van der Waals surface area contributed by atoms with Crippen molar-refractivity contribution >= 4 is 29.0 Å². The maximum absolute atomic E-state index is 12.7. The fraction of sp³-hybridized carbons (Fsp3) is 0.421. The van der Waals surface area contributed by atoms with Crippen molar-refractivity contribution in [2.24, 2.45) is 0 Å². The summed E-state index contributed by atoms with van der Waals surface area (Å²) in [5.74, 6) is 1.04. The molecule has 0 radical (unpaired) electrons. The van der Waals surface area contributed by atoms with Gasteiger partial charge in [-0.05, 0) is 36.4 Å². The summed E-state index contributed by atoms with van der Waals surface area (Å²) >= 11 is 3.45. The number of carbonyl (C=O) groups excluding carboxylic acids is 1. The van der Waals surface area contributed by atoms with Crippen molar-refractivity contribution in [1.82, 2.24) is 4.90 Å². The molecule has 24 heavy (non-hydrogen) atoms. The molecule has 3 nitrogen and oxygen atoms in total. The van der Waals surface area contributed by atoms with Crippen LogP contribution in [0.1, 0.15) is 24.1 Å². The highest BCUT2D eigenvalue weighted by Gasteiger charge is 2.22. The normalized spacial score (nSPS) is 17.1. The molecular formula is C19H23NO2S2. The van der Waals surface area contributed by atoms with Crippen LogP contribution in [0.2, 0.25) is 0 Å². The Hall–Kier alpha value is -1.30. The molecule has 1 aromatic heterocycles. The van der Waals surface area contributed by atoms with Crippen LogP contribution in [0.3, 0.4) is 0 Å². The van der Waals surface area contributed by atoms with Gasteiger partial charge in [0.25, 0.3) is 0 Å². The Bertz CT molecular complexity index is 610. The van der Waals surface area contributed by atoms with Gasteiger partial charge >= 0.3 is 0 Å². The highest BCUT2D eigenvalue weighted by atomic mass is 32.2. The van der Waals surface area contributed by atoms with Crippen LogP contribution < -0.4 is 0 Å². The number of rotatable bonds is 8. The second kappa shape index (κ2) is 9.25. The summed E-state index contributed by atoms with van der Waals surface area (Å²) in [5, 5.41) is 2.06. The fourth-order valence-electron chi connectivity index (χ4n) is 2.81. The van der Waals surface area contributed by atoms with E-state index in [1.165, 1.54) is 9.77 Å². The number of thioether (sulfide) groups is 1. The molecule has 2 heterocycles. The van der Waals surface area contributed by atoms with Gasteiger partial charge < -0.3 is 9.64 Å². The molecule has 0 bridgehead atoms. The zero-order valence-corrected chi connectivity index (χ0v) is 15.4. The average molecular weight is 362 g/mol. The van der Waals surface area contributed by atoms with Gasteiger partial charge in [0.2, 0.25) is 5.91 Å². The maximum atomic E-state index is 12.7. The SMILES string of the molecule is O=C(CCSc1ccccc1)N(Cc1cccs1)CC1CCCO1. The molecule has 0 N–H and O–H groups in total. The molecule has 1 unspecified atom stereocenters. The molecule has 3 rings (SSSR count). The van der Waals surface area contributed by atoms with Crippen molar-refractivity contribution in [1.29, 1.82) is 0 Å². The maximum Gasteiger partial charge on any atom is 0.223 e. The van der Waals surface area contributed by atoms with E-state index in [1.807, 2.05) is 29.2 Å². The van der Waals surface area contributed by atoms with Gasteiger partial charge in [-0.3, -0.25) is 4.79 Å². The monoisotopic (exact) mass is 361 g/mol. The van der Waals surface area contributed by atoms with E-state index < -0.39 is 0 Å². The molecule has 1 saturated heterocycles. The zero-order valence-electron chi connectivity index (χ0n) is 13.7. The molecule has 128 valence electrons. The molecule has 0 spiro atoms. The first-order valence-corrected chi connectivity index (χ1v) is 10.3. The van der Waals surface area contributed by atoms with E-state index in [1.54, 1.807) is 23.1 Å². The van der Waals surface area contributed by atoms with E-state index in [0.717, 1.165) is 25.2 Å². The van der Waals surface area contributed by atoms with Gasteiger partial charge in [-0.1, -0.05) is 24.3 Å². The molecule has 1 atom stereocenters. The number of ether oxygens (including phenoxy) is 1. The standard InChI is InChI=1S/C19H23NO2S2/c21-19(10-13-24-17-7-2-1-3-8-17)20(14-16-6-4-11-22-16)15-18-9-5-12-23-18/h1-3,5,7-9,12,16H,4,6,10-11,13-15H2. The predicted molar refractivity (Wildman–Crippen MR) is 100 cm³/mol. The van der Waals surface area contributed by atoms with Crippen LogP contribution in [0.15, 0.2) is 52.7 Å². The number of thiophene rings is 1.